The molecular formula is C44H40FN9O4. The first-order valence-electron chi connectivity index (χ1n) is 18.9. The number of fused-ring (bicyclic) bond motifs is 2. The number of hydrogen-bond acceptors (Lipinski definition) is 8. The van der Waals surface area contributed by atoms with Crippen molar-refractivity contribution in [2.24, 2.45) is 0 Å². The third-order valence-electron chi connectivity index (χ3n) is 10.6. The molecule has 13 nitrogen and oxygen atoms in total. The van der Waals surface area contributed by atoms with Gasteiger partial charge in [0.05, 0.1) is 40.5 Å². The molecule has 3 N–H and O–H groups in total. The maximum absolute atomic E-state index is 15.1. The zero-order valence-electron chi connectivity index (χ0n) is 32.0. The molecule has 0 bridgehead atoms. The fraction of sp³-hybridized carbons (Fsp3) is 0.205. The Labute approximate surface area is 331 Å². The van der Waals surface area contributed by atoms with Crippen LogP contribution in [0.25, 0.3) is 32.8 Å². The summed E-state index contributed by atoms with van der Waals surface area (Å²) < 4.78 is 16.9. The third-order valence-corrected chi connectivity index (χ3v) is 10.6. The van der Waals surface area contributed by atoms with Crippen molar-refractivity contribution in [2.45, 2.75) is 33.4 Å². The monoisotopic (exact) mass is 777 g/mol. The van der Waals surface area contributed by atoms with Crippen LogP contribution in [0, 0.1) is 19.7 Å². The minimum absolute atomic E-state index is 0.0134. The number of nitrogens with one attached hydrogen (secondary N) is 3. The van der Waals surface area contributed by atoms with E-state index in [0.717, 1.165) is 33.7 Å². The van der Waals surface area contributed by atoms with E-state index in [0.29, 0.717) is 77.7 Å². The molecule has 1 fully saturated rings. The highest BCUT2D eigenvalue weighted by Crippen LogP contribution is 2.29. The van der Waals surface area contributed by atoms with Crippen molar-refractivity contribution in [1.82, 2.24) is 40.2 Å². The molecule has 2 amide bonds. The van der Waals surface area contributed by atoms with Gasteiger partial charge in [-0.3, -0.25) is 23.9 Å². The topological polar surface area (TPSA) is 162 Å². The lowest BCUT2D eigenvalue weighted by molar-refractivity contribution is 0.0741. The van der Waals surface area contributed by atoms with Crippen LogP contribution in [0.2, 0.25) is 0 Å². The molecule has 14 heteroatoms. The Morgan fingerprint density at radius 3 is 2.41 bits per heavy atom. The molecule has 58 heavy (non-hydrogen) atoms. The molecule has 3 aromatic carbocycles. The summed E-state index contributed by atoms with van der Waals surface area (Å²) in [5, 5.41) is 16.1. The van der Waals surface area contributed by atoms with Gasteiger partial charge in [-0.25, -0.2) is 14.5 Å². The Kier molecular flexibility index (Phi) is 10.2. The maximum Gasteiger partial charge on any atom is 0.272 e. The van der Waals surface area contributed by atoms with Gasteiger partial charge in [0.25, 0.3) is 22.9 Å². The van der Waals surface area contributed by atoms with Crippen molar-refractivity contribution in [3.05, 3.63) is 164 Å². The summed E-state index contributed by atoms with van der Waals surface area (Å²) >= 11 is 0. The number of piperazine rings is 1. The molecule has 0 spiro atoms. The van der Waals surface area contributed by atoms with Gasteiger partial charge in [0.2, 0.25) is 0 Å². The van der Waals surface area contributed by atoms with E-state index >= 15 is 4.39 Å². The second-order valence-electron chi connectivity index (χ2n) is 14.4. The number of aryl methyl sites for hydroxylation is 2. The van der Waals surface area contributed by atoms with E-state index in [-0.39, 0.29) is 29.1 Å². The van der Waals surface area contributed by atoms with Crippen molar-refractivity contribution in [2.75, 3.05) is 31.1 Å². The van der Waals surface area contributed by atoms with Crippen molar-refractivity contribution < 1.29 is 14.0 Å². The zero-order valence-corrected chi connectivity index (χ0v) is 32.0. The smallest absolute Gasteiger partial charge is 0.272 e. The van der Waals surface area contributed by atoms with Gasteiger partial charge in [0.15, 0.2) is 0 Å². The average molecular weight is 778 g/mol. The number of carbonyl (C=O) groups excluding carboxylic acids is 2. The van der Waals surface area contributed by atoms with Gasteiger partial charge in [0, 0.05) is 72.9 Å². The fourth-order valence-electron chi connectivity index (χ4n) is 7.56. The van der Waals surface area contributed by atoms with Crippen LogP contribution in [-0.2, 0) is 19.5 Å². The van der Waals surface area contributed by atoms with Crippen LogP contribution < -0.4 is 21.3 Å². The van der Waals surface area contributed by atoms with Crippen LogP contribution in [0.3, 0.4) is 0 Å². The second-order valence-corrected chi connectivity index (χ2v) is 14.4. The van der Waals surface area contributed by atoms with Crippen LogP contribution in [0.5, 0.6) is 0 Å². The lowest BCUT2D eigenvalue weighted by atomic mass is 10.0. The van der Waals surface area contributed by atoms with Crippen LogP contribution in [0.4, 0.5) is 10.2 Å². The number of benzene rings is 3. The van der Waals surface area contributed by atoms with Crippen molar-refractivity contribution in [1.29, 1.82) is 0 Å². The van der Waals surface area contributed by atoms with Crippen LogP contribution in [0.15, 0.2) is 107 Å². The number of amides is 2. The zero-order chi connectivity index (χ0) is 40.5. The summed E-state index contributed by atoms with van der Waals surface area (Å²) in [4.78, 5) is 63.5. The third kappa shape index (κ3) is 7.39. The molecule has 1 saturated heterocycles. The van der Waals surface area contributed by atoms with E-state index in [1.807, 2.05) is 50.2 Å². The normalized spacial score (nSPS) is 12.9. The van der Waals surface area contributed by atoms with Gasteiger partial charge in [0.1, 0.15) is 11.6 Å². The van der Waals surface area contributed by atoms with Gasteiger partial charge in [-0.1, -0.05) is 30.3 Å². The first kappa shape index (κ1) is 37.7. The van der Waals surface area contributed by atoms with Gasteiger partial charge >= 0.3 is 0 Å². The Morgan fingerprint density at radius 1 is 0.879 bits per heavy atom. The van der Waals surface area contributed by atoms with Crippen LogP contribution in [-0.4, -0.2) is 72.8 Å². The van der Waals surface area contributed by atoms with Crippen molar-refractivity contribution >= 4 is 39.3 Å². The molecule has 8 rings (SSSR count). The van der Waals surface area contributed by atoms with Crippen LogP contribution in [0.1, 0.15) is 48.8 Å². The average Bonchev–Trinajstić information content (AvgIpc) is 3.64. The predicted octanol–water partition coefficient (Wildman–Crippen LogP) is 5.45. The molecule has 4 aromatic heterocycles. The number of carbonyl (C=O) groups is 2. The summed E-state index contributed by atoms with van der Waals surface area (Å²) in [5.74, 6) is -0.615. The molecule has 1 aliphatic rings. The Balaban J connectivity index is 0.965. The highest BCUT2D eigenvalue weighted by atomic mass is 19.1. The predicted molar refractivity (Wildman–Crippen MR) is 221 cm³/mol. The summed E-state index contributed by atoms with van der Waals surface area (Å²) in [6.07, 6.45) is 5.45. The molecule has 0 radical (unpaired) electrons. The Hall–Kier alpha value is -7.22. The number of allylic oxidation sites excluding steroid dienone is 1. The first-order valence-corrected chi connectivity index (χ1v) is 18.9. The Bertz CT molecular complexity index is 2850. The number of aromatic amines is 2. The first-order chi connectivity index (χ1) is 28.1. The van der Waals surface area contributed by atoms with E-state index in [1.165, 1.54) is 6.07 Å². The van der Waals surface area contributed by atoms with Crippen molar-refractivity contribution in [3.63, 3.8) is 0 Å². The van der Waals surface area contributed by atoms with Gasteiger partial charge in [-0.05, 0) is 79.1 Å². The summed E-state index contributed by atoms with van der Waals surface area (Å²) in [6.45, 7) is 9.74. The summed E-state index contributed by atoms with van der Waals surface area (Å²) in [5.41, 5.74) is 5.54. The minimum atomic E-state index is -0.601. The van der Waals surface area contributed by atoms with E-state index in [1.54, 1.807) is 58.4 Å². The number of rotatable bonds is 10. The molecule has 0 saturated carbocycles. The van der Waals surface area contributed by atoms with Gasteiger partial charge in [-0.15, -0.1) is 6.58 Å². The van der Waals surface area contributed by atoms with Gasteiger partial charge < -0.3 is 20.1 Å². The van der Waals surface area contributed by atoms with Crippen LogP contribution >= 0.6 is 0 Å². The number of nitrogens with zero attached hydrogens (tertiary/aromatic N) is 6. The fourth-order valence-corrected chi connectivity index (χ4v) is 7.56. The highest BCUT2D eigenvalue weighted by Gasteiger charge is 2.26. The lowest BCUT2D eigenvalue weighted by Crippen LogP contribution is -2.49. The quantitative estimate of drug-likeness (QED) is 0.155. The highest BCUT2D eigenvalue weighted by molar-refractivity contribution is 6.08. The van der Waals surface area contributed by atoms with Gasteiger partial charge in [-0.2, -0.15) is 10.2 Å². The summed E-state index contributed by atoms with van der Waals surface area (Å²) in [7, 11) is 0. The maximum atomic E-state index is 15.1. The molecule has 5 heterocycles. The molecular weight excluding hydrogens is 738 g/mol. The number of halogens is 1. The van der Waals surface area contributed by atoms with E-state index < -0.39 is 11.7 Å². The van der Waals surface area contributed by atoms with Crippen molar-refractivity contribution in [3.8, 4) is 11.1 Å². The largest absolute Gasteiger partial charge is 0.353 e. The number of hydrogen-bond donors (Lipinski definition) is 3. The standard InChI is InChI=1S/C44H40FN9O4/c1-4-13-54-39-22-30(21-33(36(39)25-48-54)41(55)47-24-35-26(2)18-27(3)49-42(35)56)29-10-12-40(46-23-29)52-14-16-53(17-15-52)44(58)34-19-28(9-11-37(34)45)20-38-31-7-5-6-8-32(31)43(57)51-50-38/h4-12,18-19,21-23,25H,1,13-17,20,24H2,2-3H3,(H,47,55)(H,49,56)(H,51,57). The second kappa shape index (κ2) is 15.7. The number of pyridine rings is 2. The summed E-state index contributed by atoms with van der Waals surface area (Å²) in [6, 6.07) is 21.1. The Morgan fingerprint density at radius 2 is 1.67 bits per heavy atom. The van der Waals surface area contributed by atoms with E-state index in [2.05, 4.69) is 37.1 Å². The number of anilines is 1. The van der Waals surface area contributed by atoms with E-state index in [4.69, 9.17) is 4.98 Å². The molecule has 0 unspecified atom stereocenters. The SMILES string of the molecule is C=CCn1ncc2c(C(=O)NCc3c(C)cc(C)[nH]c3=O)cc(-c3ccc(N4CCN(C(=O)c5cc(Cc6n[nH]c(=O)c7ccccc67)ccc5F)CC4)nc3)cc21. The number of aromatic nitrogens is 6. The van der Waals surface area contributed by atoms with E-state index in [9.17, 15) is 19.2 Å². The molecule has 292 valence electrons. The minimum Gasteiger partial charge on any atom is -0.353 e. The molecule has 0 atom stereocenters. The number of H-pyrrole nitrogens is 2. The molecule has 0 aliphatic carbocycles. The molecule has 1 aliphatic heterocycles. The molecule has 7 aromatic rings. The lowest BCUT2D eigenvalue weighted by Gasteiger charge is -2.35.